The van der Waals surface area contributed by atoms with E-state index in [1.54, 1.807) is 0 Å². The number of benzene rings is 1. The molecule has 0 bridgehead atoms. The Kier molecular flexibility index (Phi) is 3.00. The molecule has 0 amide bonds. The van der Waals surface area contributed by atoms with E-state index in [1.807, 2.05) is 29.3 Å². The van der Waals surface area contributed by atoms with Crippen LogP contribution < -0.4 is 5.32 Å². The summed E-state index contributed by atoms with van der Waals surface area (Å²) in [6.07, 6.45) is 3.17. The molecule has 2 N–H and O–H groups in total. The van der Waals surface area contributed by atoms with E-state index in [0.717, 1.165) is 0 Å². The SMILES string of the molecule is C[C@H]1CC(Nc2ccc3[nH]ccc3c2)c2ccsc2S1. The molecule has 20 heavy (non-hydrogen) atoms. The third-order valence-corrected chi connectivity index (χ3v) is 6.15. The van der Waals surface area contributed by atoms with Crippen molar-refractivity contribution in [3.63, 3.8) is 0 Å². The summed E-state index contributed by atoms with van der Waals surface area (Å²) in [4.78, 5) is 3.24. The van der Waals surface area contributed by atoms with E-state index < -0.39 is 0 Å². The highest BCUT2D eigenvalue weighted by molar-refractivity contribution is 8.01. The number of H-pyrrole nitrogens is 1. The van der Waals surface area contributed by atoms with Crippen LogP contribution >= 0.6 is 23.1 Å². The normalized spacial score (nSPS) is 21.9. The van der Waals surface area contributed by atoms with Crippen LogP contribution in [0.5, 0.6) is 0 Å². The number of aromatic nitrogens is 1. The highest BCUT2D eigenvalue weighted by Crippen LogP contribution is 2.45. The van der Waals surface area contributed by atoms with Gasteiger partial charge < -0.3 is 10.3 Å². The number of anilines is 1. The minimum atomic E-state index is 0.434. The summed E-state index contributed by atoms with van der Waals surface area (Å²) in [5.74, 6) is 0. The lowest BCUT2D eigenvalue weighted by atomic mass is 10.0. The van der Waals surface area contributed by atoms with Gasteiger partial charge in [0.25, 0.3) is 0 Å². The molecule has 0 saturated carbocycles. The van der Waals surface area contributed by atoms with Gasteiger partial charge in [-0.25, -0.2) is 0 Å². The van der Waals surface area contributed by atoms with Gasteiger partial charge in [0.05, 0.1) is 10.3 Å². The van der Waals surface area contributed by atoms with Crippen LogP contribution in [0.2, 0.25) is 0 Å². The van der Waals surface area contributed by atoms with Crippen molar-refractivity contribution >= 4 is 39.7 Å². The molecule has 3 aromatic rings. The van der Waals surface area contributed by atoms with E-state index in [0.29, 0.717) is 11.3 Å². The van der Waals surface area contributed by atoms with Gasteiger partial charge >= 0.3 is 0 Å². The first-order valence-electron chi connectivity index (χ1n) is 6.87. The highest BCUT2D eigenvalue weighted by Gasteiger charge is 2.26. The molecule has 0 spiro atoms. The van der Waals surface area contributed by atoms with Crippen LogP contribution in [0.25, 0.3) is 10.9 Å². The molecular weight excluding hydrogens is 284 g/mol. The van der Waals surface area contributed by atoms with Crippen molar-refractivity contribution in [1.29, 1.82) is 0 Å². The number of rotatable bonds is 2. The van der Waals surface area contributed by atoms with E-state index in [4.69, 9.17) is 0 Å². The van der Waals surface area contributed by atoms with Gasteiger partial charge in [0, 0.05) is 28.0 Å². The molecule has 0 saturated heterocycles. The number of hydrogen-bond donors (Lipinski definition) is 2. The molecule has 1 unspecified atom stereocenters. The quantitative estimate of drug-likeness (QED) is 0.675. The molecule has 4 heteroatoms. The van der Waals surface area contributed by atoms with Crippen LogP contribution in [0.15, 0.2) is 46.1 Å². The molecule has 3 heterocycles. The van der Waals surface area contributed by atoms with Crippen molar-refractivity contribution in [3.8, 4) is 0 Å². The third-order valence-electron chi connectivity index (χ3n) is 3.80. The van der Waals surface area contributed by atoms with Gasteiger partial charge in [-0.05, 0) is 47.7 Å². The summed E-state index contributed by atoms with van der Waals surface area (Å²) in [5, 5.41) is 7.86. The van der Waals surface area contributed by atoms with Crippen LogP contribution in [-0.2, 0) is 0 Å². The minimum absolute atomic E-state index is 0.434. The zero-order valence-electron chi connectivity index (χ0n) is 11.2. The summed E-state index contributed by atoms with van der Waals surface area (Å²) in [6.45, 7) is 2.32. The van der Waals surface area contributed by atoms with Crippen molar-refractivity contribution in [2.45, 2.75) is 28.8 Å². The number of aromatic amines is 1. The molecule has 1 aliphatic heterocycles. The second-order valence-corrected chi connectivity index (χ2v) is 7.93. The van der Waals surface area contributed by atoms with Crippen molar-refractivity contribution in [2.24, 2.45) is 0 Å². The average molecular weight is 300 g/mol. The topological polar surface area (TPSA) is 27.8 Å². The second-order valence-electron chi connectivity index (χ2n) is 5.30. The monoisotopic (exact) mass is 300 g/mol. The molecule has 0 fully saturated rings. The van der Waals surface area contributed by atoms with Crippen LogP contribution in [-0.4, -0.2) is 10.2 Å². The Balaban J connectivity index is 1.65. The van der Waals surface area contributed by atoms with Crippen LogP contribution in [0.1, 0.15) is 24.9 Å². The summed E-state index contributed by atoms with van der Waals surface area (Å²) in [7, 11) is 0. The zero-order valence-corrected chi connectivity index (χ0v) is 12.9. The first-order valence-corrected chi connectivity index (χ1v) is 8.63. The Labute approximate surface area is 126 Å². The Bertz CT molecular complexity index is 744. The van der Waals surface area contributed by atoms with Gasteiger partial charge in [-0.1, -0.05) is 6.92 Å². The predicted molar refractivity (Wildman–Crippen MR) is 88.9 cm³/mol. The number of thioether (sulfide) groups is 1. The van der Waals surface area contributed by atoms with Gasteiger partial charge in [-0.15, -0.1) is 23.1 Å². The maximum Gasteiger partial charge on any atom is 0.0653 e. The first-order chi connectivity index (χ1) is 9.79. The maximum absolute atomic E-state index is 3.71. The second kappa shape index (κ2) is 4.86. The van der Waals surface area contributed by atoms with Crippen LogP contribution in [0.4, 0.5) is 5.69 Å². The van der Waals surface area contributed by atoms with E-state index >= 15 is 0 Å². The van der Waals surface area contributed by atoms with Crippen molar-refractivity contribution < 1.29 is 0 Å². The Morgan fingerprint density at radius 2 is 2.20 bits per heavy atom. The first kappa shape index (κ1) is 12.4. The summed E-state index contributed by atoms with van der Waals surface area (Å²) < 4.78 is 1.48. The predicted octanol–water partition coefficient (Wildman–Crippen LogP) is 5.27. The van der Waals surface area contributed by atoms with Gasteiger partial charge in [0.2, 0.25) is 0 Å². The van der Waals surface area contributed by atoms with Crippen LogP contribution in [0, 0.1) is 0 Å². The number of fused-ring (bicyclic) bond motifs is 2. The molecule has 2 aromatic heterocycles. The Hall–Kier alpha value is -1.39. The molecule has 0 aliphatic carbocycles. The summed E-state index contributed by atoms with van der Waals surface area (Å²) in [5.41, 5.74) is 3.87. The Morgan fingerprint density at radius 1 is 1.25 bits per heavy atom. The fraction of sp³-hybridized carbons (Fsp3) is 0.250. The van der Waals surface area contributed by atoms with E-state index in [-0.39, 0.29) is 0 Å². The van der Waals surface area contributed by atoms with E-state index in [1.165, 1.54) is 32.8 Å². The van der Waals surface area contributed by atoms with Crippen molar-refractivity contribution in [1.82, 2.24) is 4.98 Å². The molecule has 102 valence electrons. The van der Waals surface area contributed by atoms with E-state index in [9.17, 15) is 0 Å². The minimum Gasteiger partial charge on any atom is -0.378 e. The fourth-order valence-electron chi connectivity index (χ4n) is 2.83. The standard InChI is InChI=1S/C16H16N2S2/c1-10-8-15(13-5-7-19-16(13)20-10)18-12-2-3-14-11(9-12)4-6-17-14/h2-7,9-10,15,17-18H,8H2,1H3/t10-,15?/m0/s1. The molecule has 1 aliphatic rings. The largest absolute Gasteiger partial charge is 0.378 e. The van der Waals surface area contributed by atoms with Gasteiger partial charge in [-0.2, -0.15) is 0 Å². The van der Waals surface area contributed by atoms with Gasteiger partial charge in [-0.3, -0.25) is 0 Å². The lowest BCUT2D eigenvalue weighted by Crippen LogP contribution is -2.18. The van der Waals surface area contributed by atoms with Crippen molar-refractivity contribution in [2.75, 3.05) is 5.32 Å². The van der Waals surface area contributed by atoms with Crippen LogP contribution in [0.3, 0.4) is 0 Å². The van der Waals surface area contributed by atoms with Gasteiger partial charge in [0.15, 0.2) is 0 Å². The number of hydrogen-bond acceptors (Lipinski definition) is 3. The summed E-state index contributed by atoms with van der Waals surface area (Å²) >= 11 is 3.88. The lowest BCUT2D eigenvalue weighted by molar-refractivity contribution is 0.670. The molecule has 1 aromatic carbocycles. The zero-order chi connectivity index (χ0) is 13.5. The number of nitrogens with one attached hydrogen (secondary N) is 2. The average Bonchev–Trinajstić information content (AvgIpc) is 3.05. The summed E-state index contributed by atoms with van der Waals surface area (Å²) in [6, 6.07) is 11.4. The Morgan fingerprint density at radius 3 is 3.15 bits per heavy atom. The molecule has 0 radical (unpaired) electrons. The fourth-order valence-corrected chi connectivity index (χ4v) is 5.40. The molecule has 4 rings (SSSR count). The van der Waals surface area contributed by atoms with E-state index in [2.05, 4.69) is 52.9 Å². The highest BCUT2D eigenvalue weighted by atomic mass is 32.2. The molecular formula is C16H16N2S2. The smallest absolute Gasteiger partial charge is 0.0653 e. The maximum atomic E-state index is 3.71. The van der Waals surface area contributed by atoms with Gasteiger partial charge in [0.1, 0.15) is 0 Å². The van der Waals surface area contributed by atoms with Crippen molar-refractivity contribution in [3.05, 3.63) is 47.5 Å². The molecule has 2 atom stereocenters. The third kappa shape index (κ3) is 2.13. The lowest BCUT2D eigenvalue weighted by Gasteiger charge is -2.28. The number of thiophene rings is 1. The molecule has 2 nitrogen and oxygen atoms in total.